The van der Waals surface area contributed by atoms with Crippen LogP contribution in [0.25, 0.3) is 0 Å². The SMILES string of the molecule is Cc1nc(C(=O)NC(C)C2CC3CCC2C3)n[nH]1. The molecule has 5 nitrogen and oxygen atoms in total. The first-order valence-electron chi connectivity index (χ1n) is 6.83. The van der Waals surface area contributed by atoms with Crippen molar-refractivity contribution in [3.05, 3.63) is 11.6 Å². The van der Waals surface area contributed by atoms with Crippen molar-refractivity contribution in [2.24, 2.45) is 17.8 Å². The van der Waals surface area contributed by atoms with E-state index >= 15 is 0 Å². The summed E-state index contributed by atoms with van der Waals surface area (Å²) in [5, 5.41) is 9.64. The molecule has 2 N–H and O–H groups in total. The zero-order valence-corrected chi connectivity index (χ0v) is 10.9. The zero-order valence-electron chi connectivity index (χ0n) is 10.9. The second-order valence-electron chi connectivity index (χ2n) is 5.85. The Balaban J connectivity index is 1.61. The first kappa shape index (κ1) is 11.7. The van der Waals surface area contributed by atoms with Gasteiger partial charge in [-0.1, -0.05) is 6.42 Å². The number of carbonyl (C=O) groups excluding carboxylic acids is 1. The summed E-state index contributed by atoms with van der Waals surface area (Å²) < 4.78 is 0. The Morgan fingerprint density at radius 1 is 1.44 bits per heavy atom. The van der Waals surface area contributed by atoms with Crippen molar-refractivity contribution < 1.29 is 4.79 Å². The minimum atomic E-state index is -0.158. The van der Waals surface area contributed by atoms with Gasteiger partial charge < -0.3 is 5.32 Å². The van der Waals surface area contributed by atoms with Crippen LogP contribution in [0.1, 0.15) is 49.1 Å². The number of hydrogen-bond acceptors (Lipinski definition) is 3. The summed E-state index contributed by atoms with van der Waals surface area (Å²) >= 11 is 0. The van der Waals surface area contributed by atoms with Crippen LogP contribution in [0.3, 0.4) is 0 Å². The van der Waals surface area contributed by atoms with Crippen LogP contribution in [0, 0.1) is 24.7 Å². The fourth-order valence-electron chi connectivity index (χ4n) is 3.73. The van der Waals surface area contributed by atoms with Gasteiger partial charge in [0.2, 0.25) is 5.82 Å². The summed E-state index contributed by atoms with van der Waals surface area (Å²) in [6.45, 7) is 3.91. The molecule has 2 aliphatic carbocycles. The topological polar surface area (TPSA) is 70.7 Å². The summed E-state index contributed by atoms with van der Waals surface area (Å²) in [4.78, 5) is 16.0. The molecule has 0 aliphatic heterocycles. The van der Waals surface area contributed by atoms with Gasteiger partial charge in [-0.05, 0) is 50.9 Å². The monoisotopic (exact) mass is 248 g/mol. The number of aromatic amines is 1. The molecule has 2 aliphatic rings. The number of fused-ring (bicyclic) bond motifs is 2. The van der Waals surface area contributed by atoms with Gasteiger partial charge in [-0.3, -0.25) is 9.89 Å². The van der Waals surface area contributed by atoms with Crippen LogP contribution >= 0.6 is 0 Å². The van der Waals surface area contributed by atoms with E-state index in [9.17, 15) is 4.79 Å². The molecule has 0 radical (unpaired) electrons. The molecule has 4 unspecified atom stereocenters. The van der Waals surface area contributed by atoms with E-state index in [2.05, 4.69) is 27.4 Å². The molecule has 18 heavy (non-hydrogen) atoms. The molecule has 1 heterocycles. The van der Waals surface area contributed by atoms with Gasteiger partial charge in [0, 0.05) is 6.04 Å². The standard InChI is InChI=1S/C13H20N4O/c1-7(11-6-9-3-4-10(11)5-9)14-13(18)12-15-8(2)16-17-12/h7,9-11H,3-6H2,1-2H3,(H,14,18)(H,15,16,17). The van der Waals surface area contributed by atoms with E-state index in [1.54, 1.807) is 6.92 Å². The van der Waals surface area contributed by atoms with Gasteiger partial charge in [-0.25, -0.2) is 4.98 Å². The molecule has 1 amide bonds. The molecule has 2 fully saturated rings. The number of carbonyl (C=O) groups is 1. The number of rotatable bonds is 3. The molecule has 98 valence electrons. The maximum Gasteiger partial charge on any atom is 0.291 e. The van der Waals surface area contributed by atoms with Gasteiger partial charge in [0.05, 0.1) is 0 Å². The molecule has 0 aromatic carbocycles. The second kappa shape index (κ2) is 4.37. The van der Waals surface area contributed by atoms with Crippen molar-refractivity contribution in [3.8, 4) is 0 Å². The largest absolute Gasteiger partial charge is 0.347 e. The summed E-state index contributed by atoms with van der Waals surface area (Å²) in [7, 11) is 0. The van der Waals surface area contributed by atoms with Gasteiger partial charge in [0.15, 0.2) is 0 Å². The van der Waals surface area contributed by atoms with Crippen molar-refractivity contribution in [1.29, 1.82) is 0 Å². The summed E-state index contributed by atoms with van der Waals surface area (Å²) in [6, 6.07) is 0.228. The summed E-state index contributed by atoms with van der Waals surface area (Å²) in [5.41, 5.74) is 0. The third-order valence-electron chi connectivity index (χ3n) is 4.59. The lowest BCUT2D eigenvalue weighted by Crippen LogP contribution is -2.40. The average Bonchev–Trinajstić information content (AvgIpc) is 3.03. The van der Waals surface area contributed by atoms with E-state index < -0.39 is 0 Å². The molecular formula is C13H20N4O. The third kappa shape index (κ3) is 2.02. The Bertz CT molecular complexity index is 456. The molecule has 2 bridgehead atoms. The number of hydrogen-bond donors (Lipinski definition) is 2. The molecule has 2 saturated carbocycles. The summed E-state index contributed by atoms with van der Waals surface area (Å²) in [5.74, 6) is 3.14. The molecule has 3 rings (SSSR count). The van der Waals surface area contributed by atoms with Crippen LogP contribution in [0.5, 0.6) is 0 Å². The molecule has 1 aromatic rings. The van der Waals surface area contributed by atoms with E-state index in [0.29, 0.717) is 11.7 Å². The fourth-order valence-corrected chi connectivity index (χ4v) is 3.73. The van der Waals surface area contributed by atoms with Crippen LogP contribution < -0.4 is 5.32 Å². The Morgan fingerprint density at radius 3 is 2.83 bits per heavy atom. The Hall–Kier alpha value is -1.39. The molecule has 1 aromatic heterocycles. The number of nitrogens with zero attached hydrogens (tertiary/aromatic N) is 2. The van der Waals surface area contributed by atoms with E-state index in [1.807, 2.05) is 0 Å². The predicted octanol–water partition coefficient (Wildman–Crippen LogP) is 1.67. The van der Waals surface area contributed by atoms with Gasteiger partial charge in [-0.15, -0.1) is 5.10 Å². The van der Waals surface area contributed by atoms with Crippen LogP contribution in [-0.4, -0.2) is 27.1 Å². The first-order valence-corrected chi connectivity index (χ1v) is 6.83. The van der Waals surface area contributed by atoms with Crippen LogP contribution in [0.15, 0.2) is 0 Å². The predicted molar refractivity (Wildman–Crippen MR) is 67.0 cm³/mol. The number of aryl methyl sites for hydroxylation is 1. The zero-order chi connectivity index (χ0) is 12.7. The van der Waals surface area contributed by atoms with Crippen molar-refractivity contribution in [2.45, 2.75) is 45.6 Å². The van der Waals surface area contributed by atoms with Crippen molar-refractivity contribution >= 4 is 5.91 Å². The lowest BCUT2D eigenvalue weighted by molar-refractivity contribution is 0.0905. The van der Waals surface area contributed by atoms with E-state index in [1.165, 1.54) is 25.7 Å². The minimum absolute atomic E-state index is 0.158. The highest BCUT2D eigenvalue weighted by Crippen LogP contribution is 2.49. The van der Waals surface area contributed by atoms with Crippen LogP contribution in [-0.2, 0) is 0 Å². The van der Waals surface area contributed by atoms with E-state index in [0.717, 1.165) is 11.8 Å². The quantitative estimate of drug-likeness (QED) is 0.854. The highest BCUT2D eigenvalue weighted by molar-refractivity contribution is 5.90. The Labute approximate surface area is 107 Å². The van der Waals surface area contributed by atoms with E-state index in [-0.39, 0.29) is 17.8 Å². The smallest absolute Gasteiger partial charge is 0.291 e. The summed E-state index contributed by atoms with van der Waals surface area (Å²) in [6.07, 6.45) is 5.38. The number of amides is 1. The number of nitrogens with one attached hydrogen (secondary N) is 2. The highest BCUT2D eigenvalue weighted by Gasteiger charge is 2.42. The minimum Gasteiger partial charge on any atom is -0.347 e. The average molecular weight is 248 g/mol. The van der Waals surface area contributed by atoms with E-state index in [4.69, 9.17) is 0 Å². The number of H-pyrrole nitrogens is 1. The van der Waals surface area contributed by atoms with Crippen LogP contribution in [0.2, 0.25) is 0 Å². The van der Waals surface area contributed by atoms with Crippen LogP contribution in [0.4, 0.5) is 0 Å². The lowest BCUT2D eigenvalue weighted by Gasteiger charge is -2.28. The Kier molecular flexibility index (Phi) is 2.84. The molecule has 4 atom stereocenters. The third-order valence-corrected chi connectivity index (χ3v) is 4.59. The second-order valence-corrected chi connectivity index (χ2v) is 5.85. The van der Waals surface area contributed by atoms with Gasteiger partial charge >= 0.3 is 0 Å². The van der Waals surface area contributed by atoms with Gasteiger partial charge in [0.1, 0.15) is 5.82 Å². The van der Waals surface area contributed by atoms with Gasteiger partial charge in [0.25, 0.3) is 5.91 Å². The van der Waals surface area contributed by atoms with Crippen molar-refractivity contribution in [3.63, 3.8) is 0 Å². The first-order chi connectivity index (χ1) is 8.63. The molecular weight excluding hydrogens is 228 g/mol. The molecule has 0 saturated heterocycles. The van der Waals surface area contributed by atoms with Crippen molar-refractivity contribution in [1.82, 2.24) is 20.5 Å². The maximum absolute atomic E-state index is 12.0. The lowest BCUT2D eigenvalue weighted by atomic mass is 9.84. The number of aromatic nitrogens is 3. The van der Waals surface area contributed by atoms with Crippen molar-refractivity contribution in [2.75, 3.05) is 0 Å². The maximum atomic E-state index is 12.0. The molecule has 0 spiro atoms. The normalized spacial score (nSPS) is 31.6. The Morgan fingerprint density at radius 2 is 2.28 bits per heavy atom. The fraction of sp³-hybridized carbons (Fsp3) is 0.769. The molecule has 5 heteroatoms. The van der Waals surface area contributed by atoms with Gasteiger partial charge in [-0.2, -0.15) is 0 Å². The highest BCUT2D eigenvalue weighted by atomic mass is 16.2.